The van der Waals surface area contributed by atoms with E-state index < -0.39 is 21.2 Å². The third-order valence-electron chi connectivity index (χ3n) is 3.83. The second kappa shape index (κ2) is 3.13. The van der Waals surface area contributed by atoms with Gasteiger partial charge in [-0.2, -0.15) is 0 Å². The Kier molecular flexibility index (Phi) is 2.35. The maximum absolute atomic E-state index is 12.9. The molecule has 0 aromatic carbocycles. The summed E-state index contributed by atoms with van der Waals surface area (Å²) < 4.78 is 47.8. The SMILES string of the molecule is NS(=O)(=O)C1CC2(CCC(F)(F)CC2)C1. The molecule has 2 saturated carbocycles. The largest absolute Gasteiger partial charge is 0.248 e. The van der Waals surface area contributed by atoms with Crippen LogP contribution in [0.15, 0.2) is 0 Å². The fourth-order valence-corrected chi connectivity index (χ4v) is 3.86. The standard InChI is InChI=1S/C9H15F2NO2S/c10-9(11)3-1-8(2-4-9)5-7(6-8)15(12,13)14/h7H,1-6H2,(H2,12,13,14). The molecule has 2 rings (SSSR count). The molecule has 1 spiro atoms. The van der Waals surface area contributed by atoms with Gasteiger partial charge in [0.15, 0.2) is 0 Å². The molecule has 2 aliphatic carbocycles. The van der Waals surface area contributed by atoms with Gasteiger partial charge in [-0.15, -0.1) is 0 Å². The first kappa shape index (κ1) is 11.3. The molecule has 0 unspecified atom stereocenters. The number of alkyl halides is 2. The minimum atomic E-state index is -3.46. The number of halogens is 2. The highest BCUT2D eigenvalue weighted by molar-refractivity contribution is 7.89. The van der Waals surface area contributed by atoms with E-state index in [1.54, 1.807) is 0 Å². The monoisotopic (exact) mass is 239 g/mol. The van der Waals surface area contributed by atoms with Crippen molar-refractivity contribution >= 4 is 10.0 Å². The van der Waals surface area contributed by atoms with Gasteiger partial charge in [0, 0.05) is 12.8 Å². The van der Waals surface area contributed by atoms with E-state index in [0.29, 0.717) is 25.7 Å². The average Bonchev–Trinajstić information content (AvgIpc) is 1.98. The summed E-state index contributed by atoms with van der Waals surface area (Å²) in [5, 5.41) is 4.51. The summed E-state index contributed by atoms with van der Waals surface area (Å²) in [5.74, 6) is -2.54. The van der Waals surface area contributed by atoms with E-state index in [4.69, 9.17) is 5.14 Å². The number of rotatable bonds is 1. The molecule has 6 heteroatoms. The molecule has 3 nitrogen and oxygen atoms in total. The van der Waals surface area contributed by atoms with Crippen molar-refractivity contribution in [3.05, 3.63) is 0 Å². The molecule has 0 heterocycles. The Balaban J connectivity index is 1.94. The Morgan fingerprint density at radius 3 is 1.93 bits per heavy atom. The van der Waals surface area contributed by atoms with Gasteiger partial charge < -0.3 is 0 Å². The van der Waals surface area contributed by atoms with Crippen LogP contribution in [0.5, 0.6) is 0 Å². The summed E-state index contributed by atoms with van der Waals surface area (Å²) in [6.45, 7) is 0. The first-order valence-electron chi connectivity index (χ1n) is 5.12. The van der Waals surface area contributed by atoms with E-state index in [9.17, 15) is 17.2 Å². The van der Waals surface area contributed by atoms with Crippen molar-refractivity contribution in [2.24, 2.45) is 10.6 Å². The Morgan fingerprint density at radius 2 is 1.53 bits per heavy atom. The van der Waals surface area contributed by atoms with E-state index in [2.05, 4.69) is 0 Å². The van der Waals surface area contributed by atoms with Crippen LogP contribution in [0.2, 0.25) is 0 Å². The Bertz CT molecular complexity index is 348. The van der Waals surface area contributed by atoms with Crippen LogP contribution >= 0.6 is 0 Å². The van der Waals surface area contributed by atoms with Crippen LogP contribution in [-0.4, -0.2) is 19.6 Å². The summed E-state index contributed by atoms with van der Waals surface area (Å²) >= 11 is 0. The molecule has 0 atom stereocenters. The fourth-order valence-electron chi connectivity index (χ4n) is 2.69. The third-order valence-corrected chi connectivity index (χ3v) is 5.09. The van der Waals surface area contributed by atoms with Gasteiger partial charge in [0.1, 0.15) is 0 Å². The lowest BCUT2D eigenvalue weighted by Crippen LogP contribution is -2.50. The Hall–Kier alpha value is -0.230. The zero-order chi connectivity index (χ0) is 11.3. The fraction of sp³-hybridized carbons (Fsp3) is 1.00. The first-order chi connectivity index (χ1) is 6.73. The minimum Gasteiger partial charge on any atom is -0.228 e. The van der Waals surface area contributed by atoms with Gasteiger partial charge in [-0.1, -0.05) is 0 Å². The van der Waals surface area contributed by atoms with Crippen LogP contribution < -0.4 is 5.14 Å². The van der Waals surface area contributed by atoms with Crippen molar-refractivity contribution in [3.8, 4) is 0 Å². The summed E-state index contributed by atoms with van der Waals surface area (Å²) in [7, 11) is -3.46. The van der Waals surface area contributed by atoms with Gasteiger partial charge in [-0.3, -0.25) is 0 Å². The van der Waals surface area contributed by atoms with Crippen LogP contribution in [0, 0.1) is 5.41 Å². The lowest BCUT2D eigenvalue weighted by molar-refractivity contribution is -0.0851. The smallest absolute Gasteiger partial charge is 0.228 e. The summed E-state index contributed by atoms with van der Waals surface area (Å²) in [5.41, 5.74) is -0.154. The van der Waals surface area contributed by atoms with Crippen LogP contribution in [0.4, 0.5) is 8.78 Å². The molecule has 0 aliphatic heterocycles. The molecule has 0 aromatic heterocycles. The number of sulfonamides is 1. The maximum atomic E-state index is 12.9. The number of nitrogens with two attached hydrogens (primary N) is 1. The van der Waals surface area contributed by atoms with Gasteiger partial charge >= 0.3 is 0 Å². The van der Waals surface area contributed by atoms with E-state index >= 15 is 0 Å². The minimum absolute atomic E-state index is 0.107. The lowest BCUT2D eigenvalue weighted by Gasteiger charge is -2.50. The zero-order valence-corrected chi connectivity index (χ0v) is 9.19. The molecule has 2 N–H and O–H groups in total. The van der Waals surface area contributed by atoms with Crippen molar-refractivity contribution in [2.45, 2.75) is 49.7 Å². The molecule has 2 aliphatic rings. The van der Waals surface area contributed by atoms with Crippen LogP contribution in [0.1, 0.15) is 38.5 Å². The summed E-state index contributed by atoms with van der Waals surface area (Å²) in [6, 6.07) is 0. The van der Waals surface area contributed by atoms with Gasteiger partial charge in [0.05, 0.1) is 5.25 Å². The molecule has 0 saturated heterocycles. The van der Waals surface area contributed by atoms with Crippen molar-refractivity contribution < 1.29 is 17.2 Å². The maximum Gasteiger partial charge on any atom is 0.248 e. The molecule has 0 amide bonds. The first-order valence-corrected chi connectivity index (χ1v) is 6.73. The van der Waals surface area contributed by atoms with Crippen molar-refractivity contribution in [1.29, 1.82) is 0 Å². The predicted molar refractivity (Wildman–Crippen MR) is 52.0 cm³/mol. The van der Waals surface area contributed by atoms with Crippen molar-refractivity contribution in [2.75, 3.05) is 0 Å². The molecule has 2 fully saturated rings. The van der Waals surface area contributed by atoms with Crippen molar-refractivity contribution in [1.82, 2.24) is 0 Å². The predicted octanol–water partition coefficient (Wildman–Crippen LogP) is 1.63. The molecule has 88 valence electrons. The highest BCUT2D eigenvalue weighted by atomic mass is 32.2. The molecule has 0 radical (unpaired) electrons. The number of hydrogen-bond acceptors (Lipinski definition) is 2. The number of hydrogen-bond donors (Lipinski definition) is 1. The van der Waals surface area contributed by atoms with Crippen LogP contribution in [-0.2, 0) is 10.0 Å². The van der Waals surface area contributed by atoms with E-state index in [-0.39, 0.29) is 18.3 Å². The average molecular weight is 239 g/mol. The Morgan fingerprint density at radius 1 is 1.07 bits per heavy atom. The normalized spacial score (nSPS) is 30.1. The van der Waals surface area contributed by atoms with Gasteiger partial charge in [0.2, 0.25) is 15.9 Å². The molecule has 0 bridgehead atoms. The van der Waals surface area contributed by atoms with E-state index in [1.165, 1.54) is 0 Å². The van der Waals surface area contributed by atoms with Crippen molar-refractivity contribution in [3.63, 3.8) is 0 Å². The van der Waals surface area contributed by atoms with Gasteiger partial charge in [0.25, 0.3) is 0 Å². The molecular weight excluding hydrogens is 224 g/mol. The van der Waals surface area contributed by atoms with Gasteiger partial charge in [-0.25, -0.2) is 22.3 Å². The van der Waals surface area contributed by atoms with E-state index in [0.717, 1.165) is 0 Å². The second-order valence-corrected chi connectivity index (χ2v) is 6.82. The topological polar surface area (TPSA) is 60.2 Å². The van der Waals surface area contributed by atoms with E-state index in [1.807, 2.05) is 0 Å². The van der Waals surface area contributed by atoms with Crippen LogP contribution in [0.3, 0.4) is 0 Å². The summed E-state index contributed by atoms with van der Waals surface area (Å²) in [4.78, 5) is 0. The molecule has 15 heavy (non-hydrogen) atoms. The second-order valence-electron chi connectivity index (χ2n) is 4.98. The highest BCUT2D eigenvalue weighted by Gasteiger charge is 2.53. The summed E-state index contributed by atoms with van der Waals surface area (Å²) in [6.07, 6.45) is 1.61. The number of primary sulfonamides is 1. The Labute approximate surface area is 88.1 Å². The molecular formula is C9H15F2NO2S. The zero-order valence-electron chi connectivity index (χ0n) is 8.38. The highest BCUT2D eigenvalue weighted by Crippen LogP contribution is 2.56. The van der Waals surface area contributed by atoms with Gasteiger partial charge in [-0.05, 0) is 31.1 Å². The lowest BCUT2D eigenvalue weighted by atomic mass is 9.60. The quantitative estimate of drug-likeness (QED) is 0.756. The molecule has 0 aromatic rings. The van der Waals surface area contributed by atoms with Crippen LogP contribution in [0.25, 0.3) is 0 Å². The third kappa shape index (κ3) is 2.15.